The molecule has 18 atom stereocenters. The summed E-state index contributed by atoms with van der Waals surface area (Å²) in [6.07, 6.45) is 9.81. The lowest BCUT2D eigenvalue weighted by atomic mass is 9.88. The van der Waals surface area contributed by atoms with Gasteiger partial charge in [-0.1, -0.05) is 199 Å². The molecule has 0 spiro atoms. The fourth-order valence-electron chi connectivity index (χ4n) is 11.5. The van der Waals surface area contributed by atoms with Crippen LogP contribution in [0.5, 0.6) is 0 Å². The minimum Gasteiger partial charge on any atom is -0.477 e. The van der Waals surface area contributed by atoms with Crippen molar-refractivity contribution >= 4 is 17.8 Å². The molecule has 0 aliphatic carbocycles. The SMILES string of the molecule is CCCCCCCCCCCCCC=CC(O)C(COC1OC(CO)C(OC2OC(CO)C(O)C(OC3(C(=O)O)CC(O)C(NC(C)=O)C(C(O)C(O)CO)O3)C2O)C(O)C1O)NC(=O)CCCCCCCCCCCCCCCCCCCC. The number of aliphatic hydroxyl groups is 11. The Morgan fingerprint density at radius 1 is 0.612 bits per heavy atom. The molecule has 3 fully saturated rings. The monoisotopic (exact) mass is 1220 g/mol. The van der Waals surface area contributed by atoms with Gasteiger partial charge in [0, 0.05) is 19.8 Å². The number of aliphatic hydroxyl groups excluding tert-OH is 11. The highest BCUT2D eigenvalue weighted by Crippen LogP contribution is 2.38. The first-order valence-corrected chi connectivity index (χ1v) is 32.6. The van der Waals surface area contributed by atoms with E-state index in [1.165, 1.54) is 135 Å². The summed E-state index contributed by atoms with van der Waals surface area (Å²) in [7, 11) is 0. The number of nitrogens with one attached hydrogen (secondary N) is 2. The number of carbonyl (C=O) groups excluding carboxylic acids is 2. The molecule has 0 bridgehead atoms. The van der Waals surface area contributed by atoms with Crippen LogP contribution >= 0.6 is 0 Å². The molecule has 23 heteroatoms. The van der Waals surface area contributed by atoms with Crippen LogP contribution in [0.2, 0.25) is 0 Å². The van der Waals surface area contributed by atoms with Crippen molar-refractivity contribution in [2.45, 2.75) is 336 Å². The maximum Gasteiger partial charge on any atom is 0.364 e. The first-order chi connectivity index (χ1) is 40.9. The lowest BCUT2D eigenvalue weighted by molar-refractivity contribution is -0.386. The molecular weight excluding hydrogens is 1110 g/mol. The molecule has 2 amide bonds. The van der Waals surface area contributed by atoms with Crippen molar-refractivity contribution in [3.8, 4) is 0 Å². The lowest BCUT2D eigenvalue weighted by Gasteiger charge is -2.50. The van der Waals surface area contributed by atoms with Crippen LogP contribution in [0.1, 0.15) is 226 Å². The third kappa shape index (κ3) is 27.6. The predicted molar refractivity (Wildman–Crippen MR) is 315 cm³/mol. The number of aliphatic carboxylic acids is 1. The van der Waals surface area contributed by atoms with Crippen molar-refractivity contribution in [1.82, 2.24) is 10.6 Å². The second-order valence-corrected chi connectivity index (χ2v) is 24.0. The zero-order valence-electron chi connectivity index (χ0n) is 51.5. The molecule has 0 radical (unpaired) electrons. The minimum absolute atomic E-state index is 0.205. The number of amides is 2. The number of unbranched alkanes of at least 4 members (excludes halogenated alkanes) is 28. The van der Waals surface area contributed by atoms with Gasteiger partial charge in [-0.2, -0.15) is 0 Å². The molecule has 0 aromatic heterocycles. The summed E-state index contributed by atoms with van der Waals surface area (Å²) in [6.45, 7) is 2.12. The second kappa shape index (κ2) is 44.0. The van der Waals surface area contributed by atoms with Gasteiger partial charge in [0.1, 0.15) is 67.1 Å². The zero-order valence-corrected chi connectivity index (χ0v) is 51.5. The van der Waals surface area contributed by atoms with Crippen molar-refractivity contribution in [3.63, 3.8) is 0 Å². The molecule has 3 heterocycles. The first kappa shape index (κ1) is 76.7. The van der Waals surface area contributed by atoms with E-state index in [0.29, 0.717) is 12.8 Å². The van der Waals surface area contributed by atoms with Gasteiger partial charge < -0.3 is 100 Å². The number of hydrogen-bond donors (Lipinski definition) is 14. The fraction of sp³-hybridized carbons (Fsp3) is 0.919. The molecule has 0 saturated carbocycles. The summed E-state index contributed by atoms with van der Waals surface area (Å²) >= 11 is 0. The number of hydrogen-bond acceptors (Lipinski definition) is 20. The molecule has 0 aromatic rings. The predicted octanol–water partition coefficient (Wildman–Crippen LogP) is 4.34. The largest absolute Gasteiger partial charge is 0.477 e. The molecule has 0 aromatic carbocycles. The molecule has 3 aliphatic heterocycles. The molecule has 3 aliphatic rings. The van der Waals surface area contributed by atoms with Crippen LogP contribution in [0.3, 0.4) is 0 Å². The quantitative estimate of drug-likeness (QED) is 0.0298. The molecule has 3 saturated heterocycles. The Morgan fingerprint density at radius 3 is 1.56 bits per heavy atom. The van der Waals surface area contributed by atoms with Gasteiger partial charge >= 0.3 is 5.97 Å². The third-order valence-corrected chi connectivity index (χ3v) is 16.7. The van der Waals surface area contributed by atoms with Gasteiger partial charge in [-0.05, 0) is 19.3 Å². The van der Waals surface area contributed by atoms with E-state index in [0.717, 1.165) is 51.9 Å². The van der Waals surface area contributed by atoms with Gasteiger partial charge in [0.15, 0.2) is 12.6 Å². The smallest absolute Gasteiger partial charge is 0.364 e. The van der Waals surface area contributed by atoms with Crippen LogP contribution in [-0.2, 0) is 42.8 Å². The van der Waals surface area contributed by atoms with Gasteiger partial charge in [-0.3, -0.25) is 9.59 Å². The topological polar surface area (TPSA) is 373 Å². The standard InChI is InChI=1S/C62H114N2O21/c1-4-6-8-10-12-14-16-18-19-20-21-22-24-26-28-30-32-34-36-49(72)64-43(44(69)35-33-31-29-27-25-23-17-15-13-11-9-7-5-2)41-80-59-54(76)53(75)56(48(40-67)82-59)83-60-55(77)58(52(74)47(39-66)81-60)85-62(61(78)79)37-45(70)50(63-42(3)68)57(84-62)51(73)46(71)38-65/h33,35,43-48,50-60,65-67,69-71,73-77H,4-32,34,36-41H2,1-3H3,(H,63,68)(H,64,72)(H,78,79). The van der Waals surface area contributed by atoms with Crippen molar-refractivity contribution in [2.24, 2.45) is 0 Å². The molecule has 498 valence electrons. The number of allylic oxidation sites excluding steroid dienone is 1. The number of carbonyl (C=O) groups is 3. The van der Waals surface area contributed by atoms with Crippen molar-refractivity contribution in [3.05, 3.63) is 12.2 Å². The van der Waals surface area contributed by atoms with E-state index in [9.17, 15) is 75.7 Å². The maximum atomic E-state index is 13.4. The second-order valence-electron chi connectivity index (χ2n) is 24.0. The maximum absolute atomic E-state index is 13.4. The first-order valence-electron chi connectivity index (χ1n) is 32.6. The minimum atomic E-state index is -3.08. The van der Waals surface area contributed by atoms with Crippen LogP contribution in [0.4, 0.5) is 0 Å². The van der Waals surface area contributed by atoms with E-state index >= 15 is 0 Å². The Hall–Kier alpha value is -2.53. The van der Waals surface area contributed by atoms with Crippen LogP contribution < -0.4 is 10.6 Å². The van der Waals surface area contributed by atoms with Gasteiger partial charge in [-0.15, -0.1) is 0 Å². The van der Waals surface area contributed by atoms with E-state index in [2.05, 4.69) is 24.5 Å². The van der Waals surface area contributed by atoms with Crippen molar-refractivity contribution in [2.75, 3.05) is 26.4 Å². The van der Waals surface area contributed by atoms with E-state index in [4.69, 9.17) is 28.4 Å². The lowest BCUT2D eigenvalue weighted by Crippen LogP contribution is -2.70. The van der Waals surface area contributed by atoms with E-state index in [1.54, 1.807) is 6.08 Å². The number of carboxylic acids is 1. The van der Waals surface area contributed by atoms with Crippen LogP contribution in [-0.4, -0.2) is 215 Å². The highest BCUT2D eigenvalue weighted by atomic mass is 16.8. The van der Waals surface area contributed by atoms with Gasteiger partial charge in [-0.25, -0.2) is 4.79 Å². The Morgan fingerprint density at radius 2 is 1.09 bits per heavy atom. The zero-order chi connectivity index (χ0) is 62.6. The highest BCUT2D eigenvalue weighted by Gasteiger charge is 2.60. The van der Waals surface area contributed by atoms with Gasteiger partial charge in [0.25, 0.3) is 5.79 Å². The van der Waals surface area contributed by atoms with Crippen molar-refractivity contribution in [1.29, 1.82) is 0 Å². The van der Waals surface area contributed by atoms with Gasteiger partial charge in [0.2, 0.25) is 11.8 Å². The summed E-state index contributed by atoms with van der Waals surface area (Å²) in [5.41, 5.74) is 0. The van der Waals surface area contributed by atoms with E-state index < -0.39 is 155 Å². The fourth-order valence-corrected chi connectivity index (χ4v) is 11.5. The average Bonchev–Trinajstić information content (AvgIpc) is 1.21. The Labute approximate surface area is 505 Å². The van der Waals surface area contributed by atoms with Crippen LogP contribution in [0.15, 0.2) is 12.2 Å². The Bertz CT molecular complexity index is 1790. The Kier molecular flexibility index (Phi) is 39.7. The molecule has 14 N–H and O–H groups in total. The molecule has 23 nitrogen and oxygen atoms in total. The highest BCUT2D eigenvalue weighted by molar-refractivity contribution is 5.77. The number of carboxylic acid groups (broad SMARTS) is 1. The van der Waals surface area contributed by atoms with E-state index in [-0.39, 0.29) is 12.3 Å². The van der Waals surface area contributed by atoms with Gasteiger partial charge in [0.05, 0.1) is 50.7 Å². The van der Waals surface area contributed by atoms with Crippen LogP contribution in [0.25, 0.3) is 0 Å². The summed E-state index contributed by atoms with van der Waals surface area (Å²) in [6, 6.07) is -2.61. The Balaban J connectivity index is 1.63. The number of rotatable bonds is 48. The average molecular weight is 1220 g/mol. The third-order valence-electron chi connectivity index (χ3n) is 16.7. The summed E-state index contributed by atoms with van der Waals surface area (Å²) < 4.78 is 34.7. The summed E-state index contributed by atoms with van der Waals surface area (Å²) in [4.78, 5) is 38.4. The van der Waals surface area contributed by atoms with Crippen molar-refractivity contribution < 1.29 is 104 Å². The number of ether oxygens (including phenoxy) is 6. The normalized spacial score (nSPS) is 29.6. The summed E-state index contributed by atoms with van der Waals surface area (Å²) in [5, 5.41) is 136. The molecule has 85 heavy (non-hydrogen) atoms. The molecule has 18 unspecified atom stereocenters. The van der Waals surface area contributed by atoms with E-state index in [1.807, 2.05) is 6.08 Å². The molecular formula is C62H114N2O21. The molecule has 3 rings (SSSR count). The summed E-state index contributed by atoms with van der Waals surface area (Å²) in [5.74, 6) is -6.14. The van der Waals surface area contributed by atoms with Crippen LogP contribution in [0, 0.1) is 0 Å².